The third kappa shape index (κ3) is 4.11. The Bertz CT molecular complexity index is 763. The summed E-state index contributed by atoms with van der Waals surface area (Å²) in [4.78, 5) is 0. The number of benzene rings is 1. The second-order valence-electron chi connectivity index (χ2n) is 6.66. The van der Waals surface area contributed by atoms with E-state index in [2.05, 4.69) is 34.4 Å². The van der Waals surface area contributed by atoms with E-state index in [1.54, 1.807) is 0 Å². The van der Waals surface area contributed by atoms with E-state index in [1.807, 2.05) is 22.8 Å². The predicted molar refractivity (Wildman–Crippen MR) is 99.2 cm³/mol. The molecule has 0 aliphatic heterocycles. The monoisotopic (exact) mass is 324 g/mol. The lowest BCUT2D eigenvalue weighted by Crippen LogP contribution is -1.99. The summed E-state index contributed by atoms with van der Waals surface area (Å²) in [7, 11) is 0. The normalized spacial score (nSPS) is 11.5. The lowest BCUT2D eigenvalue weighted by atomic mass is 10.1. The molecule has 0 N–H and O–H groups in total. The van der Waals surface area contributed by atoms with E-state index in [1.165, 1.54) is 57.8 Å². The van der Waals surface area contributed by atoms with Crippen LogP contribution in [0.4, 0.5) is 0 Å². The fourth-order valence-electron chi connectivity index (χ4n) is 3.28. The first-order chi connectivity index (χ1) is 11.9. The van der Waals surface area contributed by atoms with Gasteiger partial charge in [0, 0.05) is 17.2 Å². The van der Waals surface area contributed by atoms with Gasteiger partial charge in [0.25, 0.3) is 0 Å². The van der Waals surface area contributed by atoms with E-state index in [0.717, 1.165) is 28.7 Å². The van der Waals surface area contributed by atoms with Crippen molar-refractivity contribution in [3.05, 3.63) is 36.3 Å². The van der Waals surface area contributed by atoms with Crippen LogP contribution in [0.5, 0.6) is 0 Å². The second kappa shape index (κ2) is 8.76. The molecule has 2 heterocycles. The summed E-state index contributed by atoms with van der Waals surface area (Å²) in [5, 5.41) is 15.5. The quantitative estimate of drug-likeness (QED) is 0.472. The molecule has 0 aliphatic carbocycles. The van der Waals surface area contributed by atoms with Crippen molar-refractivity contribution in [1.82, 2.24) is 19.8 Å². The molecule has 0 bridgehead atoms. The average molecular weight is 324 g/mol. The van der Waals surface area contributed by atoms with E-state index < -0.39 is 0 Å². The first-order valence-electron chi connectivity index (χ1n) is 9.48. The molecule has 0 unspecified atom stereocenters. The van der Waals surface area contributed by atoms with Gasteiger partial charge in [-0.15, -0.1) is 10.2 Å². The third-order valence-corrected chi connectivity index (χ3v) is 4.72. The van der Waals surface area contributed by atoms with Crippen LogP contribution in [0, 0.1) is 0 Å². The Balaban J connectivity index is 1.47. The maximum Gasteiger partial charge on any atom is 0.185 e. The summed E-state index contributed by atoms with van der Waals surface area (Å²) in [6, 6.07) is 8.22. The van der Waals surface area contributed by atoms with Gasteiger partial charge < -0.3 is 0 Å². The van der Waals surface area contributed by atoms with Crippen molar-refractivity contribution in [2.24, 2.45) is 0 Å². The third-order valence-electron chi connectivity index (χ3n) is 4.72. The molecule has 24 heavy (non-hydrogen) atoms. The van der Waals surface area contributed by atoms with Gasteiger partial charge >= 0.3 is 0 Å². The van der Waals surface area contributed by atoms with Crippen LogP contribution < -0.4 is 0 Å². The number of aromatic nitrogens is 4. The highest BCUT2D eigenvalue weighted by Crippen LogP contribution is 2.18. The first-order valence-corrected chi connectivity index (χ1v) is 9.48. The fraction of sp³-hybridized carbons (Fsp3) is 0.550. The maximum atomic E-state index is 4.52. The molecule has 0 radical (unpaired) electrons. The van der Waals surface area contributed by atoms with Crippen LogP contribution >= 0.6 is 0 Å². The SMILES string of the molecule is CCCCCCCCCCCc1nnc2c3ccccc3cnn12. The Morgan fingerprint density at radius 2 is 1.54 bits per heavy atom. The lowest BCUT2D eigenvalue weighted by molar-refractivity contribution is 0.560. The van der Waals surface area contributed by atoms with E-state index >= 15 is 0 Å². The molecule has 3 rings (SSSR count). The number of hydrogen-bond acceptors (Lipinski definition) is 3. The number of hydrogen-bond donors (Lipinski definition) is 0. The van der Waals surface area contributed by atoms with Gasteiger partial charge in [-0.25, -0.2) is 0 Å². The number of nitrogens with zero attached hydrogens (tertiary/aromatic N) is 4. The smallest absolute Gasteiger partial charge is 0.185 e. The van der Waals surface area contributed by atoms with Crippen molar-refractivity contribution in [1.29, 1.82) is 0 Å². The minimum Gasteiger partial charge on any atom is -0.197 e. The second-order valence-corrected chi connectivity index (χ2v) is 6.66. The molecule has 128 valence electrons. The van der Waals surface area contributed by atoms with Gasteiger partial charge in [-0.2, -0.15) is 9.61 Å². The number of aryl methyl sites for hydroxylation is 1. The molecule has 1 aromatic carbocycles. The van der Waals surface area contributed by atoms with Crippen molar-refractivity contribution in [3.8, 4) is 0 Å². The number of rotatable bonds is 10. The van der Waals surface area contributed by atoms with Crippen LogP contribution in [0.2, 0.25) is 0 Å². The summed E-state index contributed by atoms with van der Waals surface area (Å²) in [5.74, 6) is 0.985. The molecule has 4 heteroatoms. The topological polar surface area (TPSA) is 43.1 Å². The zero-order valence-corrected chi connectivity index (χ0v) is 14.7. The van der Waals surface area contributed by atoms with Gasteiger partial charge in [-0.3, -0.25) is 0 Å². The van der Waals surface area contributed by atoms with Crippen molar-refractivity contribution >= 4 is 16.4 Å². The van der Waals surface area contributed by atoms with Crippen molar-refractivity contribution in [2.45, 2.75) is 71.1 Å². The molecule has 0 saturated heterocycles. The van der Waals surface area contributed by atoms with Crippen LogP contribution in [-0.2, 0) is 6.42 Å². The van der Waals surface area contributed by atoms with Crippen LogP contribution in [-0.4, -0.2) is 19.8 Å². The summed E-state index contributed by atoms with van der Waals surface area (Å²) in [6.07, 6.45) is 14.9. The van der Waals surface area contributed by atoms with Gasteiger partial charge in [-0.05, 0) is 6.42 Å². The number of unbranched alkanes of at least 4 members (excludes halogenated alkanes) is 8. The Labute approximate surface area is 144 Å². The molecule has 2 aromatic heterocycles. The Hall–Kier alpha value is -1.97. The van der Waals surface area contributed by atoms with Crippen LogP contribution in [0.3, 0.4) is 0 Å². The van der Waals surface area contributed by atoms with E-state index in [9.17, 15) is 0 Å². The summed E-state index contributed by atoms with van der Waals surface area (Å²) < 4.78 is 1.91. The average Bonchev–Trinajstić information content (AvgIpc) is 3.04. The van der Waals surface area contributed by atoms with Crippen LogP contribution in [0.1, 0.15) is 70.5 Å². The van der Waals surface area contributed by atoms with Crippen molar-refractivity contribution in [3.63, 3.8) is 0 Å². The number of fused-ring (bicyclic) bond motifs is 3. The highest BCUT2D eigenvalue weighted by atomic mass is 15.4. The van der Waals surface area contributed by atoms with Gasteiger partial charge in [0.05, 0.1) is 6.20 Å². The highest BCUT2D eigenvalue weighted by Gasteiger charge is 2.09. The molecule has 0 fully saturated rings. The summed E-state index contributed by atoms with van der Waals surface area (Å²) in [6.45, 7) is 2.27. The van der Waals surface area contributed by atoms with Crippen LogP contribution in [0.25, 0.3) is 16.4 Å². The van der Waals surface area contributed by atoms with Crippen molar-refractivity contribution in [2.75, 3.05) is 0 Å². The molecular formula is C20H28N4. The molecule has 4 nitrogen and oxygen atoms in total. The van der Waals surface area contributed by atoms with Crippen molar-refractivity contribution < 1.29 is 0 Å². The molecule has 0 atom stereocenters. The molecule has 0 saturated carbocycles. The highest BCUT2D eigenvalue weighted by molar-refractivity contribution is 5.92. The van der Waals surface area contributed by atoms with Crippen LogP contribution in [0.15, 0.2) is 30.5 Å². The van der Waals surface area contributed by atoms with E-state index in [0.29, 0.717) is 0 Å². The zero-order valence-electron chi connectivity index (χ0n) is 14.7. The largest absolute Gasteiger partial charge is 0.197 e. The van der Waals surface area contributed by atoms with E-state index in [-0.39, 0.29) is 0 Å². The van der Waals surface area contributed by atoms with Gasteiger partial charge in [0.15, 0.2) is 11.5 Å². The van der Waals surface area contributed by atoms with Gasteiger partial charge in [-0.1, -0.05) is 82.6 Å². The summed E-state index contributed by atoms with van der Waals surface area (Å²) >= 11 is 0. The zero-order chi connectivity index (χ0) is 16.6. The van der Waals surface area contributed by atoms with E-state index in [4.69, 9.17) is 0 Å². The lowest BCUT2D eigenvalue weighted by Gasteiger charge is -2.02. The predicted octanol–water partition coefficient (Wildman–Crippen LogP) is 5.35. The maximum absolute atomic E-state index is 4.52. The minimum absolute atomic E-state index is 0.874. The molecule has 0 spiro atoms. The molecule has 0 amide bonds. The molecule has 3 aromatic rings. The summed E-state index contributed by atoms with van der Waals surface area (Å²) in [5.41, 5.74) is 0.874. The standard InChI is InChI=1S/C20H28N4/c1-2-3-4-5-6-7-8-9-10-15-19-22-23-20-18-14-12-11-13-17(18)16-21-24(19)20/h11-14,16H,2-10,15H2,1H3. The molecule has 0 aliphatic rings. The Kier molecular flexibility index (Phi) is 6.16. The van der Waals surface area contributed by atoms with Gasteiger partial charge in [0.1, 0.15) is 0 Å². The van der Waals surface area contributed by atoms with Gasteiger partial charge in [0.2, 0.25) is 0 Å². The first kappa shape index (κ1) is 16.9. The fourth-order valence-corrected chi connectivity index (χ4v) is 3.28. The Morgan fingerprint density at radius 3 is 2.33 bits per heavy atom. The minimum atomic E-state index is 0.874. The Morgan fingerprint density at radius 1 is 0.833 bits per heavy atom. The molecular weight excluding hydrogens is 296 g/mol.